The highest BCUT2D eigenvalue weighted by Crippen LogP contribution is 2.19. The summed E-state index contributed by atoms with van der Waals surface area (Å²) < 4.78 is 1.66. The van der Waals surface area contributed by atoms with Crippen LogP contribution in [0.3, 0.4) is 0 Å². The predicted molar refractivity (Wildman–Crippen MR) is 77.2 cm³/mol. The van der Waals surface area contributed by atoms with Gasteiger partial charge in [0.05, 0.1) is 22.9 Å². The molecule has 5 heteroatoms. The molecule has 0 spiro atoms. The number of hydrogen-bond acceptors (Lipinski definition) is 4. The van der Waals surface area contributed by atoms with E-state index in [1.165, 1.54) is 11.8 Å². The lowest BCUT2D eigenvalue weighted by molar-refractivity contribution is 0.633. The number of nitrogens with zero attached hydrogens (tertiary/aromatic N) is 3. The Labute approximate surface area is 116 Å². The summed E-state index contributed by atoms with van der Waals surface area (Å²) in [5.41, 5.74) is 0.699. The summed E-state index contributed by atoms with van der Waals surface area (Å²) in [6.45, 7) is 4.37. The van der Waals surface area contributed by atoms with Gasteiger partial charge in [-0.15, -0.1) is 0 Å². The molecule has 0 aliphatic heterocycles. The van der Waals surface area contributed by atoms with Crippen LogP contribution in [-0.2, 0) is 6.54 Å². The highest BCUT2D eigenvalue weighted by Gasteiger charge is 2.11. The number of nitriles is 1. The molecule has 4 nitrogen and oxygen atoms in total. The Balaban J connectivity index is 2.48. The third-order valence-corrected chi connectivity index (χ3v) is 4.06. The van der Waals surface area contributed by atoms with Gasteiger partial charge in [0.2, 0.25) is 0 Å². The van der Waals surface area contributed by atoms with Gasteiger partial charge in [0.15, 0.2) is 5.16 Å². The first-order valence-electron chi connectivity index (χ1n) is 6.19. The minimum atomic E-state index is -0.0568. The van der Waals surface area contributed by atoms with E-state index in [0.29, 0.717) is 28.4 Å². The van der Waals surface area contributed by atoms with Gasteiger partial charge in [0, 0.05) is 12.3 Å². The van der Waals surface area contributed by atoms with Crippen LogP contribution < -0.4 is 5.56 Å². The fourth-order valence-electron chi connectivity index (χ4n) is 1.77. The zero-order chi connectivity index (χ0) is 13.8. The molecule has 0 amide bonds. The maximum atomic E-state index is 12.3. The van der Waals surface area contributed by atoms with Crippen molar-refractivity contribution in [1.82, 2.24) is 9.55 Å². The molecule has 0 fully saturated rings. The zero-order valence-electron chi connectivity index (χ0n) is 11.0. The van der Waals surface area contributed by atoms with E-state index in [1.54, 1.807) is 10.6 Å². The molecule has 0 aliphatic carbocycles. The number of rotatable bonds is 4. The van der Waals surface area contributed by atoms with Crippen molar-refractivity contribution in [3.8, 4) is 6.07 Å². The quantitative estimate of drug-likeness (QED) is 0.635. The summed E-state index contributed by atoms with van der Waals surface area (Å²) in [5, 5.41) is 10.1. The standard InChI is InChI=1S/C14H15N3OS/c1-3-17-13(18)11-6-4-5-7-12(11)16-14(17)19-9-10(2)8-15/h4-7,10H,3,9H2,1-2H3/t10-/m1/s1. The molecule has 19 heavy (non-hydrogen) atoms. The lowest BCUT2D eigenvalue weighted by Gasteiger charge is -2.11. The SMILES string of the molecule is CCn1c(SC[C@H](C)C#N)nc2ccccc2c1=O. The molecule has 0 saturated carbocycles. The molecule has 1 aromatic carbocycles. The number of hydrogen-bond donors (Lipinski definition) is 0. The summed E-state index contributed by atoms with van der Waals surface area (Å²) in [6.07, 6.45) is 0. The van der Waals surface area contributed by atoms with Crippen molar-refractivity contribution in [3.63, 3.8) is 0 Å². The molecule has 0 unspecified atom stereocenters. The second-order valence-corrected chi connectivity index (χ2v) is 5.29. The van der Waals surface area contributed by atoms with Gasteiger partial charge >= 0.3 is 0 Å². The molecule has 98 valence electrons. The fraction of sp³-hybridized carbons (Fsp3) is 0.357. The summed E-state index contributed by atoms with van der Waals surface area (Å²) in [5.74, 6) is 0.583. The maximum Gasteiger partial charge on any atom is 0.262 e. The van der Waals surface area contributed by atoms with Crippen LogP contribution in [0.4, 0.5) is 0 Å². The average molecular weight is 273 g/mol. The lowest BCUT2D eigenvalue weighted by Crippen LogP contribution is -2.22. The Morgan fingerprint density at radius 3 is 2.89 bits per heavy atom. The largest absolute Gasteiger partial charge is 0.287 e. The summed E-state index contributed by atoms with van der Waals surface area (Å²) in [6, 6.07) is 9.54. The first kappa shape index (κ1) is 13.6. The molecule has 0 N–H and O–H groups in total. The first-order valence-corrected chi connectivity index (χ1v) is 7.18. The topological polar surface area (TPSA) is 58.7 Å². The van der Waals surface area contributed by atoms with Crippen LogP contribution in [0.2, 0.25) is 0 Å². The molecule has 2 aromatic rings. The smallest absolute Gasteiger partial charge is 0.262 e. The third kappa shape index (κ3) is 2.79. The molecule has 1 heterocycles. The first-order chi connectivity index (χ1) is 9.17. The zero-order valence-corrected chi connectivity index (χ0v) is 11.8. The molecule has 0 radical (unpaired) electrons. The molecule has 2 rings (SSSR count). The highest BCUT2D eigenvalue weighted by molar-refractivity contribution is 7.99. The predicted octanol–water partition coefficient (Wildman–Crippen LogP) is 2.67. The van der Waals surface area contributed by atoms with Gasteiger partial charge in [-0.1, -0.05) is 23.9 Å². The van der Waals surface area contributed by atoms with Crippen LogP contribution in [0.1, 0.15) is 13.8 Å². The minimum absolute atomic E-state index is 0.0137. The van der Waals surface area contributed by atoms with Gasteiger partial charge < -0.3 is 0 Å². The van der Waals surface area contributed by atoms with E-state index in [1.807, 2.05) is 32.0 Å². The van der Waals surface area contributed by atoms with E-state index in [2.05, 4.69) is 11.1 Å². The molecular formula is C14H15N3OS. The van der Waals surface area contributed by atoms with E-state index in [4.69, 9.17) is 5.26 Å². The van der Waals surface area contributed by atoms with Crippen molar-refractivity contribution >= 4 is 22.7 Å². The Kier molecular flexibility index (Phi) is 4.23. The second kappa shape index (κ2) is 5.89. The van der Waals surface area contributed by atoms with Crippen molar-refractivity contribution in [3.05, 3.63) is 34.6 Å². The maximum absolute atomic E-state index is 12.3. The highest BCUT2D eigenvalue weighted by atomic mass is 32.2. The number of thioether (sulfide) groups is 1. The van der Waals surface area contributed by atoms with Crippen molar-refractivity contribution in [1.29, 1.82) is 5.26 Å². The van der Waals surface area contributed by atoms with Crippen molar-refractivity contribution in [2.24, 2.45) is 5.92 Å². The van der Waals surface area contributed by atoms with Gasteiger partial charge in [-0.3, -0.25) is 9.36 Å². The van der Waals surface area contributed by atoms with Crippen molar-refractivity contribution < 1.29 is 0 Å². The van der Waals surface area contributed by atoms with E-state index in [-0.39, 0.29) is 11.5 Å². The van der Waals surface area contributed by atoms with Crippen LogP contribution in [-0.4, -0.2) is 15.3 Å². The third-order valence-electron chi connectivity index (χ3n) is 2.83. The van der Waals surface area contributed by atoms with E-state index < -0.39 is 0 Å². The Hall–Kier alpha value is -1.80. The number of para-hydroxylation sites is 1. The Morgan fingerprint density at radius 2 is 2.21 bits per heavy atom. The van der Waals surface area contributed by atoms with Gasteiger partial charge in [-0.05, 0) is 26.0 Å². The molecule has 1 atom stereocenters. The second-order valence-electron chi connectivity index (χ2n) is 4.30. The average Bonchev–Trinajstić information content (AvgIpc) is 2.45. The van der Waals surface area contributed by atoms with Crippen LogP contribution >= 0.6 is 11.8 Å². The van der Waals surface area contributed by atoms with Gasteiger partial charge in [-0.25, -0.2) is 4.98 Å². The van der Waals surface area contributed by atoms with Crippen LogP contribution in [0, 0.1) is 17.2 Å². The number of aromatic nitrogens is 2. The Bertz CT molecular complexity index is 687. The minimum Gasteiger partial charge on any atom is -0.287 e. The summed E-state index contributed by atoms with van der Waals surface area (Å²) >= 11 is 1.46. The molecule has 0 bridgehead atoms. The fourth-order valence-corrected chi connectivity index (χ4v) is 2.78. The molecule has 0 saturated heterocycles. The van der Waals surface area contributed by atoms with E-state index >= 15 is 0 Å². The van der Waals surface area contributed by atoms with E-state index in [9.17, 15) is 4.79 Å². The monoisotopic (exact) mass is 273 g/mol. The molecular weight excluding hydrogens is 258 g/mol. The molecule has 0 aliphatic rings. The number of fused-ring (bicyclic) bond motifs is 1. The normalized spacial score (nSPS) is 12.3. The summed E-state index contributed by atoms with van der Waals surface area (Å²) in [7, 11) is 0. The summed E-state index contributed by atoms with van der Waals surface area (Å²) in [4.78, 5) is 16.9. The Morgan fingerprint density at radius 1 is 1.47 bits per heavy atom. The van der Waals surface area contributed by atoms with Crippen LogP contribution in [0.15, 0.2) is 34.2 Å². The lowest BCUT2D eigenvalue weighted by atomic mass is 10.2. The van der Waals surface area contributed by atoms with Gasteiger partial charge in [-0.2, -0.15) is 5.26 Å². The van der Waals surface area contributed by atoms with Crippen LogP contribution in [0.25, 0.3) is 10.9 Å². The van der Waals surface area contributed by atoms with Crippen molar-refractivity contribution in [2.45, 2.75) is 25.5 Å². The molecule has 1 aromatic heterocycles. The van der Waals surface area contributed by atoms with Gasteiger partial charge in [0.25, 0.3) is 5.56 Å². The van der Waals surface area contributed by atoms with Crippen LogP contribution in [0.5, 0.6) is 0 Å². The van der Waals surface area contributed by atoms with Crippen molar-refractivity contribution in [2.75, 3.05) is 5.75 Å². The van der Waals surface area contributed by atoms with E-state index in [0.717, 1.165) is 0 Å². The van der Waals surface area contributed by atoms with Gasteiger partial charge in [0.1, 0.15) is 0 Å². The number of benzene rings is 1.